The van der Waals surface area contributed by atoms with Gasteiger partial charge in [-0.05, 0) is 18.9 Å². The molecule has 1 heterocycles. The normalized spacial score (nSPS) is 15.7. The molecule has 0 bridgehead atoms. The number of fused-ring (bicyclic) bond motifs is 1. The van der Waals surface area contributed by atoms with Crippen molar-refractivity contribution in [2.75, 3.05) is 0 Å². The molecule has 4 heteroatoms. The summed E-state index contributed by atoms with van der Waals surface area (Å²) < 4.78 is 1.85. The van der Waals surface area contributed by atoms with Crippen LogP contribution in [0.15, 0.2) is 24.3 Å². The molecule has 15 heavy (non-hydrogen) atoms. The Kier molecular flexibility index (Phi) is 1.59. The molecular formula is C11H10N2O2. The summed E-state index contributed by atoms with van der Waals surface area (Å²) in [7, 11) is 0. The summed E-state index contributed by atoms with van der Waals surface area (Å²) in [5.41, 5.74) is 1.09. The molecule has 1 aliphatic rings. The van der Waals surface area contributed by atoms with Crippen LogP contribution in [0.25, 0.3) is 10.9 Å². The van der Waals surface area contributed by atoms with E-state index in [0.29, 0.717) is 6.04 Å². The third-order valence-electron chi connectivity index (χ3n) is 2.71. The number of carbonyl (C=O) groups is 1. The number of aromatic carboxylic acids is 1. The second-order valence-corrected chi connectivity index (χ2v) is 3.85. The number of aromatic nitrogens is 2. The van der Waals surface area contributed by atoms with Crippen LogP contribution in [-0.4, -0.2) is 20.9 Å². The number of hydrogen-bond acceptors (Lipinski definition) is 2. The Labute approximate surface area is 86.1 Å². The molecule has 0 atom stereocenters. The lowest BCUT2D eigenvalue weighted by Crippen LogP contribution is -2.01. The van der Waals surface area contributed by atoms with Gasteiger partial charge in [-0.1, -0.05) is 18.2 Å². The smallest absolute Gasteiger partial charge is 0.357 e. The number of para-hydroxylation sites is 1. The van der Waals surface area contributed by atoms with Crippen LogP contribution in [0.4, 0.5) is 0 Å². The first-order chi connectivity index (χ1) is 7.27. The maximum absolute atomic E-state index is 11.0. The van der Waals surface area contributed by atoms with Crippen molar-refractivity contribution in [3.8, 4) is 0 Å². The highest BCUT2D eigenvalue weighted by atomic mass is 16.4. The van der Waals surface area contributed by atoms with E-state index in [1.165, 1.54) is 0 Å². The van der Waals surface area contributed by atoms with Crippen LogP contribution in [0, 0.1) is 0 Å². The fourth-order valence-electron chi connectivity index (χ4n) is 1.84. The summed E-state index contributed by atoms with van der Waals surface area (Å²) in [5, 5.41) is 13.9. The molecular weight excluding hydrogens is 192 g/mol. The zero-order chi connectivity index (χ0) is 10.4. The number of rotatable bonds is 2. The lowest BCUT2D eigenvalue weighted by molar-refractivity contribution is 0.0691. The fraction of sp³-hybridized carbons (Fsp3) is 0.273. The van der Waals surface area contributed by atoms with Gasteiger partial charge >= 0.3 is 5.97 Å². The minimum absolute atomic E-state index is 0.164. The van der Waals surface area contributed by atoms with E-state index in [9.17, 15) is 4.79 Å². The summed E-state index contributed by atoms with van der Waals surface area (Å²) in [5.74, 6) is -0.953. The molecule has 0 saturated heterocycles. The van der Waals surface area contributed by atoms with Crippen molar-refractivity contribution in [1.82, 2.24) is 9.78 Å². The van der Waals surface area contributed by atoms with Crippen molar-refractivity contribution < 1.29 is 9.90 Å². The van der Waals surface area contributed by atoms with Gasteiger partial charge in [-0.3, -0.25) is 4.68 Å². The molecule has 1 fully saturated rings. The van der Waals surface area contributed by atoms with Crippen molar-refractivity contribution in [2.24, 2.45) is 0 Å². The van der Waals surface area contributed by atoms with Gasteiger partial charge in [0.1, 0.15) is 0 Å². The van der Waals surface area contributed by atoms with E-state index in [2.05, 4.69) is 5.10 Å². The molecule has 1 saturated carbocycles. The van der Waals surface area contributed by atoms with Gasteiger partial charge in [-0.25, -0.2) is 4.79 Å². The molecule has 0 amide bonds. The fourth-order valence-corrected chi connectivity index (χ4v) is 1.84. The van der Waals surface area contributed by atoms with Crippen molar-refractivity contribution >= 4 is 16.9 Å². The predicted molar refractivity (Wildman–Crippen MR) is 55.0 cm³/mol. The summed E-state index contributed by atoms with van der Waals surface area (Å²) in [6.07, 6.45) is 2.20. The van der Waals surface area contributed by atoms with Gasteiger partial charge in [-0.2, -0.15) is 5.10 Å². The number of nitrogens with zero attached hydrogens (tertiary/aromatic N) is 2. The number of benzene rings is 1. The molecule has 4 nitrogen and oxygen atoms in total. The molecule has 1 N–H and O–H groups in total. The molecule has 0 aliphatic heterocycles. The lowest BCUT2D eigenvalue weighted by Gasteiger charge is -1.97. The van der Waals surface area contributed by atoms with E-state index >= 15 is 0 Å². The second kappa shape index (κ2) is 2.82. The van der Waals surface area contributed by atoms with Gasteiger partial charge < -0.3 is 5.11 Å². The van der Waals surface area contributed by atoms with E-state index < -0.39 is 5.97 Å². The van der Waals surface area contributed by atoms with Gasteiger partial charge in [-0.15, -0.1) is 0 Å². The molecule has 0 spiro atoms. The lowest BCUT2D eigenvalue weighted by atomic mass is 10.2. The summed E-state index contributed by atoms with van der Waals surface area (Å²) >= 11 is 0. The molecule has 2 aromatic rings. The monoisotopic (exact) mass is 202 g/mol. The molecule has 0 radical (unpaired) electrons. The van der Waals surface area contributed by atoms with Crippen LogP contribution >= 0.6 is 0 Å². The SMILES string of the molecule is O=C(O)c1nn(C2CC2)c2ccccc12. The van der Waals surface area contributed by atoms with E-state index in [1.807, 2.05) is 28.9 Å². The van der Waals surface area contributed by atoms with Gasteiger partial charge in [0.25, 0.3) is 0 Å². The summed E-state index contributed by atoms with van der Waals surface area (Å²) in [6, 6.07) is 7.89. The zero-order valence-corrected chi connectivity index (χ0v) is 8.05. The Hall–Kier alpha value is -1.84. The zero-order valence-electron chi connectivity index (χ0n) is 8.05. The van der Waals surface area contributed by atoms with E-state index in [1.54, 1.807) is 0 Å². The standard InChI is InChI=1S/C11H10N2O2/c14-11(15)10-8-3-1-2-4-9(8)13(12-10)7-5-6-7/h1-4,7H,5-6H2,(H,14,15). The number of carboxylic acids is 1. The molecule has 0 unspecified atom stereocenters. The van der Waals surface area contributed by atoms with Crippen LogP contribution < -0.4 is 0 Å². The van der Waals surface area contributed by atoms with Gasteiger partial charge in [0.15, 0.2) is 5.69 Å². The van der Waals surface area contributed by atoms with E-state index in [4.69, 9.17) is 5.11 Å². The van der Waals surface area contributed by atoms with Crippen molar-refractivity contribution in [1.29, 1.82) is 0 Å². The first kappa shape index (κ1) is 8.47. The van der Waals surface area contributed by atoms with Crippen LogP contribution in [0.2, 0.25) is 0 Å². The Morgan fingerprint density at radius 1 is 1.40 bits per heavy atom. The Balaban J connectivity index is 2.32. The number of hydrogen-bond donors (Lipinski definition) is 1. The minimum atomic E-state index is -0.953. The van der Waals surface area contributed by atoms with Crippen molar-refractivity contribution in [3.05, 3.63) is 30.0 Å². The average Bonchev–Trinajstić information content (AvgIpc) is 2.99. The molecule has 1 aromatic heterocycles. The minimum Gasteiger partial charge on any atom is -0.476 e. The van der Waals surface area contributed by atoms with Gasteiger partial charge in [0.2, 0.25) is 0 Å². The molecule has 1 aromatic carbocycles. The van der Waals surface area contributed by atoms with E-state index in [0.717, 1.165) is 23.7 Å². The summed E-state index contributed by atoms with van der Waals surface area (Å²) in [4.78, 5) is 11.0. The highest BCUT2D eigenvalue weighted by Crippen LogP contribution is 2.37. The first-order valence-corrected chi connectivity index (χ1v) is 4.98. The highest BCUT2D eigenvalue weighted by Gasteiger charge is 2.28. The molecule has 76 valence electrons. The van der Waals surface area contributed by atoms with Crippen LogP contribution in [0.5, 0.6) is 0 Å². The van der Waals surface area contributed by atoms with Crippen LogP contribution in [0.1, 0.15) is 29.4 Å². The summed E-state index contributed by atoms with van der Waals surface area (Å²) in [6.45, 7) is 0. The second-order valence-electron chi connectivity index (χ2n) is 3.85. The van der Waals surface area contributed by atoms with Gasteiger partial charge in [0, 0.05) is 5.39 Å². The molecule has 1 aliphatic carbocycles. The Morgan fingerprint density at radius 2 is 2.13 bits per heavy atom. The maximum atomic E-state index is 11.0. The van der Waals surface area contributed by atoms with Gasteiger partial charge in [0.05, 0.1) is 11.6 Å². The Bertz CT molecular complexity index is 541. The van der Waals surface area contributed by atoms with Crippen LogP contribution in [-0.2, 0) is 0 Å². The average molecular weight is 202 g/mol. The highest BCUT2D eigenvalue weighted by molar-refractivity contribution is 6.01. The topological polar surface area (TPSA) is 55.1 Å². The third kappa shape index (κ3) is 1.21. The largest absolute Gasteiger partial charge is 0.476 e. The van der Waals surface area contributed by atoms with Crippen molar-refractivity contribution in [3.63, 3.8) is 0 Å². The molecule has 3 rings (SSSR count). The first-order valence-electron chi connectivity index (χ1n) is 4.98. The maximum Gasteiger partial charge on any atom is 0.357 e. The van der Waals surface area contributed by atoms with E-state index in [-0.39, 0.29) is 5.69 Å². The predicted octanol–water partition coefficient (Wildman–Crippen LogP) is 2.07. The van der Waals surface area contributed by atoms with Crippen LogP contribution in [0.3, 0.4) is 0 Å². The third-order valence-corrected chi connectivity index (χ3v) is 2.71. The van der Waals surface area contributed by atoms with Crippen molar-refractivity contribution in [2.45, 2.75) is 18.9 Å². The quantitative estimate of drug-likeness (QED) is 0.811. The Morgan fingerprint density at radius 3 is 2.80 bits per heavy atom. The number of carboxylic acid groups (broad SMARTS) is 1.